The molecule has 1 aliphatic heterocycles. The molecule has 0 radical (unpaired) electrons. The second-order valence-electron chi connectivity index (χ2n) is 2.85. The highest BCUT2D eigenvalue weighted by molar-refractivity contribution is 5.74. The van der Waals surface area contributed by atoms with Gasteiger partial charge in [0.2, 0.25) is 0 Å². The highest BCUT2D eigenvalue weighted by atomic mass is 16.4. The summed E-state index contributed by atoms with van der Waals surface area (Å²) in [7, 11) is 0. The van der Waals surface area contributed by atoms with Crippen LogP contribution in [0.5, 0.6) is 0 Å². The molecule has 3 nitrogen and oxygen atoms in total. The van der Waals surface area contributed by atoms with Crippen molar-refractivity contribution in [1.82, 2.24) is 5.32 Å². The molecule has 3 heteroatoms. The van der Waals surface area contributed by atoms with E-state index < -0.39 is 5.97 Å². The lowest BCUT2D eigenvalue weighted by Gasteiger charge is -1.96. The minimum absolute atomic E-state index is 0.00810. The molecule has 0 amide bonds. The van der Waals surface area contributed by atoms with E-state index in [9.17, 15) is 4.79 Å². The summed E-state index contributed by atoms with van der Waals surface area (Å²) in [5.74, 6) is 0.308. The molecule has 2 fully saturated rings. The third-order valence-electron chi connectivity index (χ3n) is 2.38. The van der Waals surface area contributed by atoms with E-state index in [4.69, 9.17) is 5.11 Å². The van der Waals surface area contributed by atoms with Gasteiger partial charge in [-0.3, -0.25) is 4.79 Å². The van der Waals surface area contributed by atoms with Crippen molar-refractivity contribution in [3.05, 3.63) is 0 Å². The lowest BCUT2D eigenvalue weighted by atomic mass is 10.3. The van der Waals surface area contributed by atoms with Gasteiger partial charge in [-0.05, 0) is 24.9 Å². The van der Waals surface area contributed by atoms with Gasteiger partial charge < -0.3 is 10.4 Å². The lowest BCUT2D eigenvalue weighted by molar-refractivity contribution is -0.139. The molecule has 2 aliphatic rings. The summed E-state index contributed by atoms with van der Waals surface area (Å²) < 4.78 is 0. The van der Waals surface area contributed by atoms with Crippen LogP contribution in [0.3, 0.4) is 0 Å². The first kappa shape index (κ1) is 5.23. The van der Waals surface area contributed by atoms with Gasteiger partial charge in [-0.15, -0.1) is 0 Å². The number of hydrogen-bond acceptors (Lipinski definition) is 2. The van der Waals surface area contributed by atoms with Gasteiger partial charge >= 0.3 is 5.97 Å². The van der Waals surface area contributed by atoms with Gasteiger partial charge in [0.25, 0.3) is 0 Å². The molecule has 1 unspecified atom stereocenters. The number of hydrogen-bond donors (Lipinski definition) is 2. The molecule has 50 valence electrons. The second kappa shape index (κ2) is 1.48. The maximum absolute atomic E-state index is 10.3. The van der Waals surface area contributed by atoms with Crippen molar-refractivity contribution in [3.63, 3.8) is 0 Å². The van der Waals surface area contributed by atoms with Crippen molar-refractivity contribution < 1.29 is 9.90 Å². The molecule has 0 aromatic rings. The van der Waals surface area contributed by atoms with E-state index in [-0.39, 0.29) is 5.92 Å². The fraction of sp³-hybridized carbons (Fsp3) is 0.833. The molecule has 0 aromatic carbocycles. The van der Waals surface area contributed by atoms with Crippen LogP contribution in [-0.4, -0.2) is 24.2 Å². The summed E-state index contributed by atoms with van der Waals surface area (Å²) in [6.07, 6.45) is 0. The third kappa shape index (κ3) is 0.580. The van der Waals surface area contributed by atoms with Gasteiger partial charge in [-0.1, -0.05) is 0 Å². The molecule has 3 atom stereocenters. The van der Waals surface area contributed by atoms with E-state index in [1.807, 2.05) is 0 Å². The number of carboxylic acid groups (broad SMARTS) is 1. The number of aliphatic carboxylic acids is 1. The minimum Gasteiger partial charge on any atom is -0.481 e. The summed E-state index contributed by atoms with van der Waals surface area (Å²) in [5, 5.41) is 11.7. The Kier molecular flexibility index (Phi) is 0.858. The minimum atomic E-state index is -0.605. The van der Waals surface area contributed by atoms with Crippen molar-refractivity contribution in [1.29, 1.82) is 0 Å². The molecule has 2 N–H and O–H groups in total. The summed E-state index contributed by atoms with van der Waals surface area (Å²) in [5.41, 5.74) is 0. The Balaban J connectivity index is 2.02. The Labute approximate surface area is 53.1 Å². The van der Waals surface area contributed by atoms with Crippen LogP contribution in [0.25, 0.3) is 0 Å². The van der Waals surface area contributed by atoms with Crippen LogP contribution in [0.15, 0.2) is 0 Å². The number of rotatable bonds is 1. The van der Waals surface area contributed by atoms with E-state index in [0.717, 1.165) is 13.1 Å². The Hall–Kier alpha value is -0.570. The summed E-state index contributed by atoms with van der Waals surface area (Å²) in [6.45, 7) is 1.84. The van der Waals surface area contributed by atoms with Gasteiger partial charge in [-0.25, -0.2) is 0 Å². The van der Waals surface area contributed by atoms with Gasteiger partial charge in [0, 0.05) is 0 Å². The summed E-state index contributed by atoms with van der Waals surface area (Å²) >= 11 is 0. The summed E-state index contributed by atoms with van der Waals surface area (Å²) in [6, 6.07) is 0. The Morgan fingerprint density at radius 2 is 2.00 bits per heavy atom. The van der Waals surface area contributed by atoms with Gasteiger partial charge in [0.15, 0.2) is 0 Å². The topological polar surface area (TPSA) is 49.3 Å². The zero-order valence-corrected chi connectivity index (χ0v) is 5.00. The van der Waals surface area contributed by atoms with E-state index in [0.29, 0.717) is 11.8 Å². The molecular formula is C6H9NO2. The van der Waals surface area contributed by atoms with Crippen molar-refractivity contribution in [3.8, 4) is 0 Å². The normalized spacial score (nSPS) is 46.4. The van der Waals surface area contributed by atoms with Crippen LogP contribution in [0.1, 0.15) is 0 Å². The Morgan fingerprint density at radius 1 is 1.44 bits per heavy atom. The van der Waals surface area contributed by atoms with Crippen LogP contribution in [0.4, 0.5) is 0 Å². The predicted molar refractivity (Wildman–Crippen MR) is 31.0 cm³/mol. The van der Waals surface area contributed by atoms with Gasteiger partial charge in [0.05, 0.1) is 5.92 Å². The number of nitrogens with one attached hydrogen (secondary N) is 1. The molecule has 2 rings (SSSR count). The van der Waals surface area contributed by atoms with Crippen molar-refractivity contribution in [2.45, 2.75) is 0 Å². The van der Waals surface area contributed by atoms with E-state index in [2.05, 4.69) is 5.32 Å². The predicted octanol–water partition coefficient (Wildman–Crippen LogP) is -0.464. The smallest absolute Gasteiger partial charge is 0.307 e. The lowest BCUT2D eigenvalue weighted by Crippen LogP contribution is -2.18. The number of piperidine rings is 1. The maximum Gasteiger partial charge on any atom is 0.307 e. The zero-order valence-electron chi connectivity index (χ0n) is 5.00. The van der Waals surface area contributed by atoms with Crippen LogP contribution < -0.4 is 5.32 Å². The molecule has 9 heavy (non-hydrogen) atoms. The van der Waals surface area contributed by atoms with E-state index in [1.54, 1.807) is 0 Å². The second-order valence-corrected chi connectivity index (χ2v) is 2.85. The fourth-order valence-corrected chi connectivity index (χ4v) is 1.78. The number of carboxylic acids is 1. The highest BCUT2D eigenvalue weighted by Gasteiger charge is 2.57. The first-order chi connectivity index (χ1) is 4.30. The van der Waals surface area contributed by atoms with Crippen molar-refractivity contribution in [2.75, 3.05) is 13.1 Å². The first-order valence-corrected chi connectivity index (χ1v) is 3.24. The zero-order chi connectivity index (χ0) is 6.43. The van der Waals surface area contributed by atoms with Gasteiger partial charge in [0.1, 0.15) is 0 Å². The number of carbonyl (C=O) groups is 1. The molecule has 0 bridgehead atoms. The Morgan fingerprint density at radius 3 is 2.33 bits per heavy atom. The largest absolute Gasteiger partial charge is 0.481 e. The maximum atomic E-state index is 10.3. The van der Waals surface area contributed by atoms with E-state index in [1.165, 1.54) is 0 Å². The van der Waals surface area contributed by atoms with Crippen LogP contribution in [0.2, 0.25) is 0 Å². The average molecular weight is 127 g/mol. The molecule has 1 aliphatic carbocycles. The highest BCUT2D eigenvalue weighted by Crippen LogP contribution is 2.48. The van der Waals surface area contributed by atoms with E-state index >= 15 is 0 Å². The third-order valence-corrected chi connectivity index (χ3v) is 2.38. The van der Waals surface area contributed by atoms with Crippen LogP contribution in [0, 0.1) is 17.8 Å². The molecule has 0 aromatic heterocycles. The van der Waals surface area contributed by atoms with Gasteiger partial charge in [-0.2, -0.15) is 0 Å². The molecular weight excluding hydrogens is 118 g/mol. The van der Waals surface area contributed by atoms with Crippen molar-refractivity contribution in [2.24, 2.45) is 17.8 Å². The van der Waals surface area contributed by atoms with Crippen LogP contribution >= 0.6 is 0 Å². The standard InChI is InChI=1S/C6H9NO2/c8-6(9)5-3-1-7-2-4(3)5/h3-5,7H,1-2H2,(H,8,9)/t3-,4+,5?. The molecule has 1 saturated carbocycles. The quantitative estimate of drug-likeness (QED) is 0.501. The molecule has 0 spiro atoms. The first-order valence-electron chi connectivity index (χ1n) is 3.24. The average Bonchev–Trinajstić information content (AvgIpc) is 2.30. The number of fused-ring (bicyclic) bond motifs is 1. The SMILES string of the molecule is O=C(O)C1[C@H]2CNC[C@@H]12. The molecule has 1 saturated heterocycles. The fourth-order valence-electron chi connectivity index (χ4n) is 1.78. The summed E-state index contributed by atoms with van der Waals surface area (Å²) in [4.78, 5) is 10.3. The van der Waals surface area contributed by atoms with Crippen molar-refractivity contribution >= 4 is 5.97 Å². The monoisotopic (exact) mass is 127 g/mol. The Bertz CT molecular complexity index is 147. The van der Waals surface area contributed by atoms with Crippen LogP contribution in [-0.2, 0) is 4.79 Å². The molecule has 1 heterocycles.